The molecular weight excluding hydrogens is 162 g/mol. The molecule has 13 heavy (non-hydrogen) atoms. The zero-order valence-electron chi connectivity index (χ0n) is 6.86. The number of benzene rings is 1. The predicted molar refractivity (Wildman–Crippen MR) is 51.3 cm³/mol. The normalized spacial score (nSPS) is 9.77. The van der Waals surface area contributed by atoms with Crippen molar-refractivity contribution in [2.45, 2.75) is 0 Å². The van der Waals surface area contributed by atoms with Crippen LogP contribution in [0.5, 0.6) is 5.75 Å². The molecule has 0 aliphatic carbocycles. The number of nitrogens with zero attached hydrogens (tertiary/aromatic N) is 1. The van der Waals surface area contributed by atoms with Crippen LogP contribution in [0.3, 0.4) is 0 Å². The van der Waals surface area contributed by atoms with Gasteiger partial charge >= 0.3 is 0 Å². The van der Waals surface area contributed by atoms with Gasteiger partial charge in [-0.1, -0.05) is 18.1 Å². The lowest BCUT2D eigenvalue weighted by Gasteiger charge is -1.99. The fourth-order valence-electron chi connectivity index (χ4n) is 1.21. The molecule has 1 aromatic carbocycles. The van der Waals surface area contributed by atoms with E-state index < -0.39 is 0 Å². The standard InChI is InChI=1S/C11H7NO/c1-2-9-7-6-8-4-3-5-10(13)11(8)12-9/h1,3-7,13H. The van der Waals surface area contributed by atoms with Crippen LogP contribution in [0.1, 0.15) is 5.69 Å². The number of aromatic nitrogens is 1. The number of terminal acetylenes is 1. The Hall–Kier alpha value is -2.01. The van der Waals surface area contributed by atoms with Crippen LogP contribution >= 0.6 is 0 Å². The summed E-state index contributed by atoms with van der Waals surface area (Å²) in [5, 5.41) is 10.3. The minimum Gasteiger partial charge on any atom is -0.506 e. The summed E-state index contributed by atoms with van der Waals surface area (Å²) in [7, 11) is 0. The van der Waals surface area contributed by atoms with Crippen LogP contribution < -0.4 is 0 Å². The summed E-state index contributed by atoms with van der Waals surface area (Å²) in [4.78, 5) is 4.11. The fraction of sp³-hybridized carbons (Fsp3) is 0. The summed E-state index contributed by atoms with van der Waals surface area (Å²) < 4.78 is 0. The van der Waals surface area contributed by atoms with E-state index >= 15 is 0 Å². The average Bonchev–Trinajstić information content (AvgIpc) is 2.18. The second-order valence-electron chi connectivity index (χ2n) is 2.69. The molecule has 0 bridgehead atoms. The molecule has 0 amide bonds. The van der Waals surface area contributed by atoms with Gasteiger partial charge in [0.15, 0.2) is 0 Å². The number of rotatable bonds is 0. The van der Waals surface area contributed by atoms with E-state index in [1.807, 2.05) is 12.1 Å². The number of phenols is 1. The van der Waals surface area contributed by atoms with Gasteiger partial charge in [0.05, 0.1) is 0 Å². The van der Waals surface area contributed by atoms with Crippen LogP contribution in [0.15, 0.2) is 30.3 Å². The summed E-state index contributed by atoms with van der Waals surface area (Å²) in [6, 6.07) is 8.84. The summed E-state index contributed by atoms with van der Waals surface area (Å²) in [5.74, 6) is 2.59. The number of fused-ring (bicyclic) bond motifs is 1. The molecule has 0 saturated heterocycles. The highest BCUT2D eigenvalue weighted by atomic mass is 16.3. The fourth-order valence-corrected chi connectivity index (χ4v) is 1.21. The van der Waals surface area contributed by atoms with E-state index in [0.717, 1.165) is 5.39 Å². The highest BCUT2D eigenvalue weighted by Crippen LogP contribution is 2.21. The molecule has 0 radical (unpaired) electrons. The third-order valence-corrected chi connectivity index (χ3v) is 1.85. The first-order valence-electron chi connectivity index (χ1n) is 3.86. The number of pyridine rings is 1. The first-order valence-corrected chi connectivity index (χ1v) is 3.86. The van der Waals surface area contributed by atoms with Gasteiger partial charge < -0.3 is 5.11 Å². The van der Waals surface area contributed by atoms with Gasteiger partial charge in [0, 0.05) is 5.39 Å². The van der Waals surface area contributed by atoms with Crippen molar-refractivity contribution in [2.24, 2.45) is 0 Å². The van der Waals surface area contributed by atoms with E-state index in [0.29, 0.717) is 11.2 Å². The molecule has 0 spiro atoms. The maximum atomic E-state index is 9.46. The lowest BCUT2D eigenvalue weighted by atomic mass is 10.2. The SMILES string of the molecule is C#Cc1ccc2cccc(O)c2n1. The Morgan fingerprint density at radius 2 is 2.08 bits per heavy atom. The summed E-state index contributed by atoms with van der Waals surface area (Å²) in [6.07, 6.45) is 5.20. The van der Waals surface area contributed by atoms with Gasteiger partial charge in [-0.2, -0.15) is 0 Å². The zero-order valence-corrected chi connectivity index (χ0v) is 6.86. The Morgan fingerprint density at radius 3 is 2.85 bits per heavy atom. The topological polar surface area (TPSA) is 33.1 Å². The Morgan fingerprint density at radius 1 is 1.23 bits per heavy atom. The Bertz CT molecular complexity index is 497. The molecule has 0 unspecified atom stereocenters. The van der Waals surface area contributed by atoms with E-state index in [9.17, 15) is 5.11 Å². The quantitative estimate of drug-likeness (QED) is 0.611. The number of hydrogen-bond acceptors (Lipinski definition) is 2. The minimum absolute atomic E-state index is 0.162. The van der Waals surface area contributed by atoms with Gasteiger partial charge in [-0.25, -0.2) is 4.98 Å². The van der Waals surface area contributed by atoms with Crippen LogP contribution in [0.4, 0.5) is 0 Å². The van der Waals surface area contributed by atoms with Crippen molar-refractivity contribution >= 4 is 10.9 Å². The van der Waals surface area contributed by atoms with Crippen molar-refractivity contribution in [3.63, 3.8) is 0 Å². The van der Waals surface area contributed by atoms with Crippen LogP contribution in [0, 0.1) is 12.3 Å². The Balaban J connectivity index is 2.84. The van der Waals surface area contributed by atoms with Gasteiger partial charge in [-0.05, 0) is 18.2 Å². The minimum atomic E-state index is 0.162. The summed E-state index contributed by atoms with van der Waals surface area (Å²) in [5.41, 5.74) is 1.09. The molecule has 2 nitrogen and oxygen atoms in total. The van der Waals surface area contributed by atoms with Gasteiger partial charge in [0.2, 0.25) is 0 Å². The van der Waals surface area contributed by atoms with Gasteiger partial charge in [0.25, 0.3) is 0 Å². The molecule has 1 heterocycles. The first-order chi connectivity index (χ1) is 6.31. The van der Waals surface area contributed by atoms with Crippen LogP contribution in [0.2, 0.25) is 0 Å². The lowest BCUT2D eigenvalue weighted by Crippen LogP contribution is -1.83. The van der Waals surface area contributed by atoms with E-state index in [4.69, 9.17) is 6.42 Å². The summed E-state index contributed by atoms with van der Waals surface area (Å²) >= 11 is 0. The Labute approximate surface area is 75.9 Å². The average molecular weight is 169 g/mol. The van der Waals surface area contributed by atoms with Crippen molar-refractivity contribution in [1.29, 1.82) is 0 Å². The monoisotopic (exact) mass is 169 g/mol. The summed E-state index contributed by atoms with van der Waals surface area (Å²) in [6.45, 7) is 0. The molecule has 0 atom stereocenters. The number of hydrogen-bond donors (Lipinski definition) is 1. The lowest BCUT2D eigenvalue weighted by molar-refractivity contribution is 0.480. The second-order valence-corrected chi connectivity index (χ2v) is 2.69. The van der Waals surface area contributed by atoms with E-state index in [1.165, 1.54) is 0 Å². The maximum absolute atomic E-state index is 9.46. The second kappa shape index (κ2) is 2.80. The molecule has 2 aromatic rings. The van der Waals surface area contributed by atoms with Crippen molar-refractivity contribution in [2.75, 3.05) is 0 Å². The molecule has 2 rings (SSSR count). The van der Waals surface area contributed by atoms with E-state index in [2.05, 4.69) is 10.9 Å². The first kappa shape index (κ1) is 7.63. The molecule has 1 aromatic heterocycles. The number of aromatic hydroxyl groups is 1. The van der Waals surface area contributed by atoms with Gasteiger partial charge in [-0.3, -0.25) is 0 Å². The van der Waals surface area contributed by atoms with E-state index in [-0.39, 0.29) is 5.75 Å². The molecule has 0 aliphatic heterocycles. The predicted octanol–water partition coefficient (Wildman–Crippen LogP) is 1.92. The third-order valence-electron chi connectivity index (χ3n) is 1.85. The maximum Gasteiger partial charge on any atom is 0.141 e. The number of phenolic OH excluding ortho intramolecular Hbond substituents is 1. The molecular formula is C11H7NO. The zero-order chi connectivity index (χ0) is 9.26. The molecule has 0 saturated carbocycles. The smallest absolute Gasteiger partial charge is 0.141 e. The van der Waals surface area contributed by atoms with Gasteiger partial charge in [-0.15, -0.1) is 6.42 Å². The molecule has 0 aliphatic rings. The molecule has 0 fully saturated rings. The highest BCUT2D eigenvalue weighted by Gasteiger charge is 2.00. The van der Waals surface area contributed by atoms with Crippen LogP contribution in [-0.2, 0) is 0 Å². The van der Waals surface area contributed by atoms with Crippen LogP contribution in [-0.4, -0.2) is 10.1 Å². The number of para-hydroxylation sites is 1. The van der Waals surface area contributed by atoms with Crippen molar-refractivity contribution in [3.8, 4) is 18.1 Å². The van der Waals surface area contributed by atoms with Crippen molar-refractivity contribution in [1.82, 2.24) is 4.98 Å². The van der Waals surface area contributed by atoms with Crippen LogP contribution in [0.25, 0.3) is 10.9 Å². The van der Waals surface area contributed by atoms with Crippen molar-refractivity contribution < 1.29 is 5.11 Å². The molecule has 2 heteroatoms. The third kappa shape index (κ3) is 1.21. The van der Waals surface area contributed by atoms with E-state index in [1.54, 1.807) is 18.2 Å². The molecule has 1 N–H and O–H groups in total. The molecule has 62 valence electrons. The Kier molecular flexibility index (Phi) is 1.64. The van der Waals surface area contributed by atoms with Crippen molar-refractivity contribution in [3.05, 3.63) is 36.0 Å². The van der Waals surface area contributed by atoms with Gasteiger partial charge in [0.1, 0.15) is 17.0 Å². The largest absolute Gasteiger partial charge is 0.506 e. The highest BCUT2D eigenvalue weighted by molar-refractivity contribution is 5.84.